The van der Waals surface area contributed by atoms with Gasteiger partial charge in [-0.15, -0.1) is 0 Å². The van der Waals surface area contributed by atoms with Crippen molar-refractivity contribution in [1.82, 2.24) is 10.3 Å². The Labute approximate surface area is 210 Å². The summed E-state index contributed by atoms with van der Waals surface area (Å²) in [6.07, 6.45) is 4.61. The number of nitrogens with two attached hydrogens (primary N) is 1. The molecule has 3 aromatic rings. The summed E-state index contributed by atoms with van der Waals surface area (Å²) in [5.74, 6) is -1.23. The highest BCUT2D eigenvalue weighted by Crippen LogP contribution is 2.23. The second-order valence-corrected chi connectivity index (χ2v) is 9.06. The lowest BCUT2D eigenvalue weighted by Gasteiger charge is -2.15. The van der Waals surface area contributed by atoms with E-state index >= 15 is 0 Å². The van der Waals surface area contributed by atoms with E-state index in [1.165, 1.54) is 0 Å². The van der Waals surface area contributed by atoms with E-state index in [0.717, 1.165) is 46.9 Å². The minimum atomic E-state index is -1.11. The van der Waals surface area contributed by atoms with E-state index in [4.69, 9.17) is 11.1 Å². The highest BCUT2D eigenvalue weighted by molar-refractivity contribution is 6.02. The number of unbranched alkanes of at least 4 members (excludes halogenated alkanes) is 2. The number of carbonyl (C=O) groups is 3. The van der Waals surface area contributed by atoms with Crippen LogP contribution in [0.25, 0.3) is 10.9 Å². The normalized spacial score (nSPS) is 11.8. The third kappa shape index (κ3) is 7.28. The molecule has 3 rings (SSSR count). The first-order valence-electron chi connectivity index (χ1n) is 12.3. The number of carboxylic acids is 1. The quantitative estimate of drug-likeness (QED) is 0.131. The molecule has 190 valence electrons. The minimum Gasteiger partial charge on any atom is -0.480 e. The van der Waals surface area contributed by atoms with E-state index in [-0.39, 0.29) is 18.0 Å². The molecule has 0 fully saturated rings. The predicted octanol–water partition coefficient (Wildman–Crippen LogP) is 4.15. The summed E-state index contributed by atoms with van der Waals surface area (Å²) in [5.41, 5.74) is 9.05. The Morgan fingerprint density at radius 2 is 1.67 bits per heavy atom. The summed E-state index contributed by atoms with van der Waals surface area (Å²) in [6, 6.07) is 13.8. The molecule has 0 spiro atoms. The van der Waals surface area contributed by atoms with Crippen LogP contribution < -0.4 is 11.1 Å². The highest BCUT2D eigenvalue weighted by Gasteiger charge is 2.24. The Hall–Kier alpha value is -3.94. The molecule has 1 unspecified atom stereocenters. The van der Waals surface area contributed by atoms with Gasteiger partial charge in [-0.2, -0.15) is 0 Å². The van der Waals surface area contributed by atoms with Crippen LogP contribution in [0.1, 0.15) is 66.2 Å². The monoisotopic (exact) mass is 490 g/mol. The van der Waals surface area contributed by atoms with Crippen molar-refractivity contribution in [3.63, 3.8) is 0 Å². The smallest absolute Gasteiger partial charge is 0.326 e. The molecule has 8 heteroatoms. The van der Waals surface area contributed by atoms with Crippen LogP contribution in [0, 0.1) is 5.41 Å². The van der Waals surface area contributed by atoms with Gasteiger partial charge >= 0.3 is 5.97 Å². The number of aliphatic carboxylic acids is 1. The van der Waals surface area contributed by atoms with Crippen LogP contribution in [0.5, 0.6) is 0 Å². The molecule has 0 aliphatic heterocycles. The van der Waals surface area contributed by atoms with Gasteiger partial charge in [0.1, 0.15) is 17.5 Å². The minimum absolute atomic E-state index is 0.132. The molecule has 0 saturated carbocycles. The summed E-state index contributed by atoms with van der Waals surface area (Å²) in [6.45, 7) is 1.96. The zero-order valence-electron chi connectivity index (χ0n) is 20.6. The zero-order chi connectivity index (χ0) is 26.1. The summed E-state index contributed by atoms with van der Waals surface area (Å²) < 4.78 is 0. The van der Waals surface area contributed by atoms with Crippen molar-refractivity contribution in [2.24, 2.45) is 5.73 Å². The fraction of sp³-hybridized carbons (Fsp3) is 0.357. The van der Waals surface area contributed by atoms with Gasteiger partial charge in [0.05, 0.1) is 5.84 Å². The van der Waals surface area contributed by atoms with E-state index < -0.39 is 17.9 Å². The summed E-state index contributed by atoms with van der Waals surface area (Å²) >= 11 is 0. The molecular formula is C28H34N4O4. The molecular weight excluding hydrogens is 456 g/mol. The number of amides is 1. The van der Waals surface area contributed by atoms with Crippen LogP contribution in [0.15, 0.2) is 48.5 Å². The Kier molecular flexibility index (Phi) is 9.39. The maximum atomic E-state index is 13.0. The molecule has 1 aromatic heterocycles. The zero-order valence-corrected chi connectivity index (χ0v) is 20.6. The standard InChI is InChI=1S/C28H34N4O4/c1-2-21-22-9-6-7-10-23(22)31-26(21)27(34)32-24(28(35)36)17-19-14-12-18(13-15-19)16-20(33)8-4-3-5-11-25(29)30/h6-7,9-10,12-15,24,31H,2-5,8,11,16-17H2,1H3,(H3,29,30)(H,32,34)(H,35,36). The van der Waals surface area contributed by atoms with E-state index in [1.807, 2.05) is 43.3 Å². The van der Waals surface area contributed by atoms with E-state index in [0.29, 0.717) is 31.4 Å². The number of para-hydroxylation sites is 1. The molecule has 1 heterocycles. The van der Waals surface area contributed by atoms with Gasteiger partial charge in [-0.1, -0.05) is 55.8 Å². The van der Waals surface area contributed by atoms with Gasteiger partial charge < -0.3 is 21.1 Å². The number of aryl methyl sites for hydroxylation is 1. The van der Waals surface area contributed by atoms with Crippen molar-refractivity contribution in [2.75, 3.05) is 0 Å². The second kappa shape index (κ2) is 12.7. The Balaban J connectivity index is 1.57. The fourth-order valence-corrected chi connectivity index (χ4v) is 4.35. The van der Waals surface area contributed by atoms with Crippen LogP contribution in [-0.2, 0) is 28.9 Å². The van der Waals surface area contributed by atoms with Gasteiger partial charge in [0.2, 0.25) is 0 Å². The third-order valence-corrected chi connectivity index (χ3v) is 6.26. The number of H-pyrrole nitrogens is 1. The summed E-state index contributed by atoms with van der Waals surface area (Å²) in [4.78, 5) is 40.2. The topological polar surface area (TPSA) is 149 Å². The van der Waals surface area contributed by atoms with Gasteiger partial charge in [-0.3, -0.25) is 15.0 Å². The first-order valence-corrected chi connectivity index (χ1v) is 12.3. The maximum Gasteiger partial charge on any atom is 0.326 e. The summed E-state index contributed by atoms with van der Waals surface area (Å²) in [7, 11) is 0. The molecule has 1 atom stereocenters. The molecule has 8 nitrogen and oxygen atoms in total. The lowest BCUT2D eigenvalue weighted by atomic mass is 10.00. The molecule has 0 bridgehead atoms. The Bertz CT molecular complexity index is 1230. The van der Waals surface area contributed by atoms with Crippen LogP contribution in [-0.4, -0.2) is 39.6 Å². The van der Waals surface area contributed by atoms with Gasteiger partial charge in [0, 0.05) is 36.6 Å². The van der Waals surface area contributed by atoms with Crippen LogP contribution in [0.2, 0.25) is 0 Å². The SMILES string of the molecule is CCc1c(C(=O)NC(Cc2ccc(CC(=O)CCCCCC(=N)N)cc2)C(=O)O)[nH]c2ccccc12. The largest absolute Gasteiger partial charge is 0.480 e. The van der Waals surface area contributed by atoms with Gasteiger partial charge in [0.15, 0.2) is 0 Å². The van der Waals surface area contributed by atoms with Crippen LogP contribution >= 0.6 is 0 Å². The molecule has 2 aromatic carbocycles. The maximum absolute atomic E-state index is 13.0. The van der Waals surface area contributed by atoms with E-state index in [1.54, 1.807) is 12.1 Å². The number of hydrogen-bond acceptors (Lipinski definition) is 4. The molecule has 6 N–H and O–H groups in total. The fourth-order valence-electron chi connectivity index (χ4n) is 4.35. The predicted molar refractivity (Wildman–Crippen MR) is 140 cm³/mol. The lowest BCUT2D eigenvalue weighted by molar-refractivity contribution is -0.139. The van der Waals surface area contributed by atoms with E-state index in [2.05, 4.69) is 10.3 Å². The number of carboxylic acid groups (broad SMARTS) is 1. The van der Waals surface area contributed by atoms with Crippen molar-refractivity contribution in [3.05, 3.63) is 70.9 Å². The summed E-state index contributed by atoms with van der Waals surface area (Å²) in [5, 5.41) is 20.6. The van der Waals surface area contributed by atoms with Crippen molar-refractivity contribution in [1.29, 1.82) is 5.41 Å². The first kappa shape index (κ1) is 26.7. The lowest BCUT2D eigenvalue weighted by Crippen LogP contribution is -2.42. The molecule has 0 aliphatic carbocycles. The van der Waals surface area contributed by atoms with Crippen molar-refractivity contribution >= 4 is 34.4 Å². The number of rotatable bonds is 14. The second-order valence-electron chi connectivity index (χ2n) is 9.06. The first-order chi connectivity index (χ1) is 17.3. The number of hydrogen-bond donors (Lipinski definition) is 5. The Morgan fingerprint density at radius 3 is 2.33 bits per heavy atom. The van der Waals surface area contributed by atoms with E-state index in [9.17, 15) is 19.5 Å². The highest BCUT2D eigenvalue weighted by atomic mass is 16.4. The Morgan fingerprint density at radius 1 is 1.00 bits per heavy atom. The third-order valence-electron chi connectivity index (χ3n) is 6.26. The van der Waals surface area contributed by atoms with Crippen molar-refractivity contribution in [3.8, 4) is 0 Å². The number of benzene rings is 2. The number of ketones is 1. The number of aromatic amines is 1. The molecule has 0 saturated heterocycles. The number of fused-ring (bicyclic) bond motifs is 1. The number of amidine groups is 1. The van der Waals surface area contributed by atoms with Crippen molar-refractivity contribution < 1.29 is 19.5 Å². The number of aromatic nitrogens is 1. The van der Waals surface area contributed by atoms with Crippen LogP contribution in [0.4, 0.5) is 0 Å². The number of nitrogens with one attached hydrogen (secondary N) is 3. The number of Topliss-reactive ketones (excluding diaryl/α,β-unsaturated/α-hetero) is 1. The average Bonchev–Trinajstić information content (AvgIpc) is 3.23. The van der Waals surface area contributed by atoms with Gasteiger partial charge in [-0.05, 0) is 42.0 Å². The molecule has 0 aliphatic rings. The molecule has 0 radical (unpaired) electrons. The van der Waals surface area contributed by atoms with Gasteiger partial charge in [-0.25, -0.2) is 4.79 Å². The van der Waals surface area contributed by atoms with Gasteiger partial charge in [0.25, 0.3) is 5.91 Å². The molecule has 36 heavy (non-hydrogen) atoms. The van der Waals surface area contributed by atoms with Crippen LogP contribution in [0.3, 0.4) is 0 Å². The van der Waals surface area contributed by atoms with Crippen molar-refractivity contribution in [2.45, 2.75) is 64.3 Å². The number of carbonyl (C=O) groups excluding carboxylic acids is 2. The molecule has 1 amide bonds. The average molecular weight is 491 g/mol.